The van der Waals surface area contributed by atoms with Crippen LogP contribution in [-0.4, -0.2) is 45.3 Å². The highest BCUT2D eigenvalue weighted by molar-refractivity contribution is 6.29. The summed E-state index contributed by atoms with van der Waals surface area (Å²) in [4.78, 5) is 22.2. The average Bonchev–Trinajstić information content (AvgIpc) is 3.97. The van der Waals surface area contributed by atoms with Crippen molar-refractivity contribution < 1.29 is 8.78 Å². The van der Waals surface area contributed by atoms with Gasteiger partial charge in [0.1, 0.15) is 16.8 Å². The molecular formula is C47H32ClF2N9. The zero-order valence-corrected chi connectivity index (χ0v) is 31.9. The van der Waals surface area contributed by atoms with Crippen LogP contribution in [0, 0.1) is 11.6 Å². The topological polar surface area (TPSA) is 122 Å². The third kappa shape index (κ3) is 7.79. The molecule has 0 atom stereocenters. The Balaban J connectivity index is 0.000000152. The zero-order chi connectivity index (χ0) is 40.1. The standard InChI is InChI=1S/C25H19FN4.C22H13ClFN5/c26-20-9-7-19(8-10-20)24-23(18-12-14-27-15-13-18)21(22-16-28-30-25(22)29-24)11-6-17-4-2-1-3-5-17;23-18-6-3-15(11-26-18)19-17-12-27-29-22(17)28-21(14-1-4-16(24)5-2-14)20(19)13-7-9-25-10-8-13/h1-5,7-10,12-16H,6,11H2,(H,28,29,30);1-12H,(H,27,28,29). The van der Waals surface area contributed by atoms with E-state index in [1.54, 1.807) is 67.5 Å². The van der Waals surface area contributed by atoms with Gasteiger partial charge in [0.2, 0.25) is 0 Å². The fourth-order valence-corrected chi connectivity index (χ4v) is 7.37. The third-order valence-electron chi connectivity index (χ3n) is 10.0. The Morgan fingerprint density at radius 3 is 1.58 bits per heavy atom. The van der Waals surface area contributed by atoms with Crippen molar-refractivity contribution in [2.75, 3.05) is 0 Å². The van der Waals surface area contributed by atoms with Gasteiger partial charge in [-0.05, 0) is 120 Å². The van der Waals surface area contributed by atoms with Gasteiger partial charge in [-0.15, -0.1) is 0 Å². The lowest BCUT2D eigenvalue weighted by molar-refractivity contribution is 0.627. The highest BCUT2D eigenvalue weighted by Crippen LogP contribution is 2.43. The second kappa shape index (κ2) is 16.5. The first-order valence-corrected chi connectivity index (χ1v) is 19.1. The molecule has 0 saturated carbocycles. The number of nitrogens with one attached hydrogen (secondary N) is 2. The quantitative estimate of drug-likeness (QED) is 0.147. The molecule has 0 aliphatic rings. The molecule has 286 valence electrons. The van der Waals surface area contributed by atoms with Gasteiger partial charge in [-0.25, -0.2) is 23.7 Å². The van der Waals surface area contributed by atoms with E-state index in [4.69, 9.17) is 21.6 Å². The Bertz CT molecular complexity index is 3000. The molecule has 10 rings (SSSR count). The molecule has 7 aromatic heterocycles. The maximum absolute atomic E-state index is 13.6. The number of pyridine rings is 5. The SMILES string of the molecule is Fc1ccc(-c2nc3[nH]ncc3c(-c3ccc(Cl)nc3)c2-c2ccncc2)cc1.Fc1ccc(-c2nc3[nH]ncc3c(CCc3ccccc3)c2-c2ccncc2)cc1. The average molecular weight is 796 g/mol. The van der Waals surface area contributed by atoms with Crippen molar-refractivity contribution in [2.24, 2.45) is 0 Å². The lowest BCUT2D eigenvalue weighted by Gasteiger charge is -2.16. The number of H-pyrrole nitrogens is 2. The smallest absolute Gasteiger partial charge is 0.156 e. The van der Waals surface area contributed by atoms with Crippen molar-refractivity contribution in [2.45, 2.75) is 12.8 Å². The molecule has 3 aromatic carbocycles. The number of aromatic amines is 2. The molecule has 12 heteroatoms. The van der Waals surface area contributed by atoms with E-state index in [0.717, 1.165) is 79.5 Å². The summed E-state index contributed by atoms with van der Waals surface area (Å²) in [5, 5.41) is 16.7. The van der Waals surface area contributed by atoms with E-state index in [1.807, 2.05) is 42.6 Å². The molecule has 2 N–H and O–H groups in total. The molecule has 59 heavy (non-hydrogen) atoms. The summed E-state index contributed by atoms with van der Waals surface area (Å²) in [5.74, 6) is -0.569. The van der Waals surface area contributed by atoms with Gasteiger partial charge in [0.25, 0.3) is 0 Å². The molecule has 0 bridgehead atoms. The molecule has 0 saturated heterocycles. The summed E-state index contributed by atoms with van der Waals surface area (Å²) < 4.78 is 27.1. The highest BCUT2D eigenvalue weighted by atomic mass is 35.5. The van der Waals surface area contributed by atoms with E-state index in [-0.39, 0.29) is 11.6 Å². The van der Waals surface area contributed by atoms with E-state index in [2.05, 4.69) is 59.6 Å². The van der Waals surface area contributed by atoms with E-state index in [1.165, 1.54) is 35.4 Å². The number of benzene rings is 3. The normalized spacial score (nSPS) is 11.1. The van der Waals surface area contributed by atoms with Crippen molar-refractivity contribution in [3.63, 3.8) is 0 Å². The summed E-state index contributed by atoms with van der Waals surface area (Å²) in [6.45, 7) is 0. The van der Waals surface area contributed by atoms with Crippen LogP contribution in [0.3, 0.4) is 0 Å². The molecule has 7 heterocycles. The maximum atomic E-state index is 13.6. The molecular weight excluding hydrogens is 764 g/mol. The van der Waals surface area contributed by atoms with Crippen LogP contribution in [0.1, 0.15) is 11.1 Å². The Hall–Kier alpha value is -7.50. The van der Waals surface area contributed by atoms with Crippen molar-refractivity contribution in [1.29, 1.82) is 0 Å². The van der Waals surface area contributed by atoms with Gasteiger partial charge in [0, 0.05) is 75.1 Å². The predicted octanol–water partition coefficient (Wildman–Crippen LogP) is 11.2. The minimum atomic E-state index is -0.302. The van der Waals surface area contributed by atoms with Crippen LogP contribution in [0.2, 0.25) is 5.15 Å². The number of nitrogens with zero attached hydrogens (tertiary/aromatic N) is 7. The molecule has 0 unspecified atom stereocenters. The number of hydrogen-bond acceptors (Lipinski definition) is 7. The zero-order valence-electron chi connectivity index (χ0n) is 31.2. The summed E-state index contributed by atoms with van der Waals surface area (Å²) in [6.07, 6.45) is 14.0. The van der Waals surface area contributed by atoms with Gasteiger partial charge in [-0.1, -0.05) is 41.9 Å². The van der Waals surface area contributed by atoms with Crippen molar-refractivity contribution in [3.8, 4) is 55.9 Å². The largest absolute Gasteiger partial charge is 0.265 e. The van der Waals surface area contributed by atoms with Gasteiger partial charge >= 0.3 is 0 Å². The molecule has 0 aliphatic heterocycles. The number of rotatable bonds is 8. The van der Waals surface area contributed by atoms with Crippen LogP contribution < -0.4 is 0 Å². The first-order chi connectivity index (χ1) is 29.0. The minimum absolute atomic E-state index is 0.267. The van der Waals surface area contributed by atoms with Crippen LogP contribution in [0.15, 0.2) is 159 Å². The molecule has 9 nitrogen and oxygen atoms in total. The summed E-state index contributed by atoms with van der Waals surface area (Å²) >= 11 is 6.01. The Labute approximate surface area is 341 Å². The van der Waals surface area contributed by atoms with E-state index in [0.29, 0.717) is 16.5 Å². The first-order valence-electron chi connectivity index (χ1n) is 18.7. The lowest BCUT2D eigenvalue weighted by atomic mass is 9.90. The predicted molar refractivity (Wildman–Crippen MR) is 227 cm³/mol. The van der Waals surface area contributed by atoms with Gasteiger partial charge in [-0.3, -0.25) is 20.2 Å². The fraction of sp³-hybridized carbons (Fsp3) is 0.0426. The van der Waals surface area contributed by atoms with Gasteiger partial charge in [0.05, 0.1) is 23.8 Å². The van der Waals surface area contributed by atoms with Crippen LogP contribution in [0.25, 0.3) is 78.0 Å². The molecule has 0 spiro atoms. The summed E-state index contributed by atoms with van der Waals surface area (Å²) in [7, 11) is 0. The number of aryl methyl sites for hydroxylation is 2. The Kier molecular flexibility index (Phi) is 10.4. The minimum Gasteiger partial charge on any atom is -0.265 e. The van der Waals surface area contributed by atoms with Crippen LogP contribution in [-0.2, 0) is 12.8 Å². The second-order valence-corrected chi connectivity index (χ2v) is 14.0. The van der Waals surface area contributed by atoms with E-state index >= 15 is 0 Å². The lowest BCUT2D eigenvalue weighted by Crippen LogP contribution is -2.01. The number of hydrogen-bond donors (Lipinski definition) is 2. The first kappa shape index (κ1) is 37.1. The molecule has 0 radical (unpaired) electrons. The van der Waals surface area contributed by atoms with Crippen LogP contribution in [0.5, 0.6) is 0 Å². The summed E-state index contributed by atoms with van der Waals surface area (Å²) in [6, 6.07) is 34.7. The number of fused-ring (bicyclic) bond motifs is 2. The van der Waals surface area contributed by atoms with Crippen molar-refractivity contribution in [1.82, 2.24) is 45.3 Å². The van der Waals surface area contributed by atoms with Crippen LogP contribution in [0.4, 0.5) is 8.78 Å². The van der Waals surface area contributed by atoms with Crippen molar-refractivity contribution in [3.05, 3.63) is 187 Å². The highest BCUT2D eigenvalue weighted by Gasteiger charge is 2.22. The van der Waals surface area contributed by atoms with E-state index in [9.17, 15) is 8.78 Å². The molecule has 10 aromatic rings. The van der Waals surface area contributed by atoms with Gasteiger partial charge in [-0.2, -0.15) is 10.2 Å². The monoisotopic (exact) mass is 795 g/mol. The summed E-state index contributed by atoms with van der Waals surface area (Å²) in [5.41, 5.74) is 12.6. The van der Waals surface area contributed by atoms with Crippen LogP contribution >= 0.6 is 11.6 Å². The number of aromatic nitrogens is 9. The van der Waals surface area contributed by atoms with Gasteiger partial charge < -0.3 is 0 Å². The number of halogens is 3. The Morgan fingerprint density at radius 1 is 0.475 bits per heavy atom. The van der Waals surface area contributed by atoms with E-state index < -0.39 is 0 Å². The van der Waals surface area contributed by atoms with Gasteiger partial charge in [0.15, 0.2) is 11.3 Å². The fourth-order valence-electron chi connectivity index (χ4n) is 7.26. The third-order valence-corrected chi connectivity index (χ3v) is 10.2. The molecule has 0 fully saturated rings. The second-order valence-electron chi connectivity index (χ2n) is 13.6. The van der Waals surface area contributed by atoms with Crippen molar-refractivity contribution >= 4 is 33.7 Å². The molecule has 0 amide bonds. The Morgan fingerprint density at radius 2 is 1.00 bits per heavy atom. The molecule has 0 aliphatic carbocycles. The maximum Gasteiger partial charge on any atom is 0.156 e.